The molecule has 1 aromatic carbocycles. The van der Waals surface area contributed by atoms with E-state index < -0.39 is 12.3 Å². The summed E-state index contributed by atoms with van der Waals surface area (Å²) in [5.74, 6) is -1.53. The maximum absolute atomic E-state index is 12.1. The van der Waals surface area contributed by atoms with Gasteiger partial charge < -0.3 is 9.84 Å². The number of aryl methyl sites for hydroxylation is 1. The first-order valence-electron chi connectivity index (χ1n) is 5.82. The monoisotopic (exact) mass is 297 g/mol. The minimum absolute atomic E-state index is 0.0231. The average molecular weight is 297 g/mol. The third kappa shape index (κ3) is 3.71. The molecule has 0 bridgehead atoms. The smallest absolute Gasteiger partial charge is 0.478 e. The molecule has 0 aliphatic carbocycles. The van der Waals surface area contributed by atoms with Crippen molar-refractivity contribution in [2.24, 2.45) is 0 Å². The number of aromatic carboxylic acids is 1. The molecule has 0 fully saturated rings. The Kier molecular flexibility index (Phi) is 3.84. The topological polar surface area (TPSA) is 59.4 Å². The first-order chi connectivity index (χ1) is 9.76. The van der Waals surface area contributed by atoms with Crippen molar-refractivity contribution in [3.8, 4) is 16.9 Å². The third-order valence-corrected chi connectivity index (χ3v) is 2.67. The van der Waals surface area contributed by atoms with Crippen LogP contribution in [0.3, 0.4) is 0 Å². The summed E-state index contributed by atoms with van der Waals surface area (Å²) in [4.78, 5) is 15.0. The molecule has 2 aromatic rings. The van der Waals surface area contributed by atoms with Crippen LogP contribution in [0.15, 0.2) is 36.5 Å². The van der Waals surface area contributed by atoms with E-state index in [-0.39, 0.29) is 11.3 Å². The van der Waals surface area contributed by atoms with Crippen LogP contribution in [0.1, 0.15) is 16.1 Å². The maximum Gasteiger partial charge on any atom is 0.573 e. The lowest BCUT2D eigenvalue weighted by Gasteiger charge is -2.10. The van der Waals surface area contributed by atoms with Gasteiger partial charge in [-0.25, -0.2) is 4.79 Å². The van der Waals surface area contributed by atoms with Crippen LogP contribution in [0, 0.1) is 6.92 Å². The molecule has 110 valence electrons. The minimum atomic E-state index is -4.76. The van der Waals surface area contributed by atoms with Crippen LogP contribution in [0.4, 0.5) is 13.2 Å². The van der Waals surface area contributed by atoms with Crippen molar-refractivity contribution < 1.29 is 27.8 Å². The number of carbonyl (C=O) groups is 1. The van der Waals surface area contributed by atoms with Crippen molar-refractivity contribution in [1.29, 1.82) is 0 Å². The molecule has 0 atom stereocenters. The third-order valence-electron chi connectivity index (χ3n) is 2.67. The maximum atomic E-state index is 12.1. The summed E-state index contributed by atoms with van der Waals surface area (Å²) in [5, 5.41) is 9.11. The Labute approximate surface area is 117 Å². The summed E-state index contributed by atoms with van der Waals surface area (Å²) < 4.78 is 40.0. The summed E-state index contributed by atoms with van der Waals surface area (Å²) in [7, 11) is 0. The molecule has 2 rings (SSSR count). The fourth-order valence-electron chi connectivity index (χ4n) is 1.81. The molecule has 1 N–H and O–H groups in total. The standard InChI is InChI=1S/C14H10F3NO3/c1-8-6-11(12(7-18-8)13(19)20)9-2-4-10(5-3-9)21-14(15,16)17/h2-7H,1H3,(H,19,20). The number of benzene rings is 1. The van der Waals surface area contributed by atoms with Crippen molar-refractivity contribution in [1.82, 2.24) is 4.98 Å². The number of nitrogens with zero attached hydrogens (tertiary/aromatic N) is 1. The number of hydrogen-bond acceptors (Lipinski definition) is 3. The number of pyridine rings is 1. The molecule has 0 saturated heterocycles. The van der Waals surface area contributed by atoms with E-state index in [1.807, 2.05) is 0 Å². The van der Waals surface area contributed by atoms with Gasteiger partial charge in [0, 0.05) is 11.9 Å². The van der Waals surface area contributed by atoms with Crippen molar-refractivity contribution in [3.05, 3.63) is 47.8 Å². The van der Waals surface area contributed by atoms with Crippen LogP contribution in [-0.4, -0.2) is 22.4 Å². The molecule has 1 aromatic heterocycles. The van der Waals surface area contributed by atoms with Crippen LogP contribution in [0.25, 0.3) is 11.1 Å². The number of ether oxygens (including phenoxy) is 1. The van der Waals surface area contributed by atoms with Crippen LogP contribution in [0.2, 0.25) is 0 Å². The van der Waals surface area contributed by atoms with Crippen molar-refractivity contribution >= 4 is 5.97 Å². The second-order valence-electron chi connectivity index (χ2n) is 4.25. The highest BCUT2D eigenvalue weighted by atomic mass is 19.4. The first-order valence-corrected chi connectivity index (χ1v) is 5.82. The zero-order valence-corrected chi connectivity index (χ0v) is 10.8. The van der Waals surface area contributed by atoms with E-state index in [9.17, 15) is 18.0 Å². The Morgan fingerprint density at radius 3 is 2.38 bits per heavy atom. The van der Waals surface area contributed by atoms with E-state index in [4.69, 9.17) is 5.11 Å². The Balaban J connectivity index is 2.39. The molecule has 0 unspecified atom stereocenters. The van der Waals surface area contributed by atoms with Gasteiger partial charge in [0.2, 0.25) is 0 Å². The van der Waals surface area contributed by atoms with Gasteiger partial charge in [0.05, 0.1) is 5.56 Å². The molecular formula is C14H10F3NO3. The molecule has 0 saturated carbocycles. The number of hydrogen-bond donors (Lipinski definition) is 1. The predicted molar refractivity (Wildman–Crippen MR) is 68.1 cm³/mol. The zero-order chi connectivity index (χ0) is 15.6. The van der Waals surface area contributed by atoms with Crippen molar-refractivity contribution in [3.63, 3.8) is 0 Å². The van der Waals surface area contributed by atoms with Gasteiger partial charge in [0.25, 0.3) is 0 Å². The van der Waals surface area contributed by atoms with Gasteiger partial charge in [-0.3, -0.25) is 4.98 Å². The van der Waals surface area contributed by atoms with Crippen molar-refractivity contribution in [2.75, 3.05) is 0 Å². The summed E-state index contributed by atoms with van der Waals surface area (Å²) in [6.07, 6.45) is -3.55. The van der Waals surface area contributed by atoms with E-state index in [1.165, 1.54) is 18.3 Å². The number of halogens is 3. The lowest BCUT2D eigenvalue weighted by molar-refractivity contribution is -0.274. The van der Waals surface area contributed by atoms with Gasteiger partial charge in [-0.05, 0) is 36.2 Å². The number of alkyl halides is 3. The fraction of sp³-hybridized carbons (Fsp3) is 0.143. The summed E-state index contributed by atoms with van der Waals surface area (Å²) in [6.45, 7) is 1.69. The van der Waals surface area contributed by atoms with Gasteiger partial charge >= 0.3 is 12.3 Å². The van der Waals surface area contributed by atoms with Gasteiger partial charge in [0.15, 0.2) is 0 Å². The molecule has 0 aliphatic heterocycles. The van der Waals surface area contributed by atoms with Gasteiger partial charge in [-0.2, -0.15) is 0 Å². The zero-order valence-electron chi connectivity index (χ0n) is 10.8. The summed E-state index contributed by atoms with van der Waals surface area (Å²) in [6, 6.07) is 6.54. The van der Waals surface area contributed by atoms with Crippen LogP contribution < -0.4 is 4.74 Å². The Morgan fingerprint density at radius 1 is 1.24 bits per heavy atom. The predicted octanol–water partition coefficient (Wildman–Crippen LogP) is 3.65. The van der Waals surface area contributed by atoms with E-state index in [0.29, 0.717) is 16.8 Å². The number of aromatic nitrogens is 1. The molecular weight excluding hydrogens is 287 g/mol. The average Bonchev–Trinajstić information content (AvgIpc) is 2.37. The van der Waals surface area contributed by atoms with E-state index in [2.05, 4.69) is 9.72 Å². The summed E-state index contributed by atoms with van der Waals surface area (Å²) >= 11 is 0. The lowest BCUT2D eigenvalue weighted by atomic mass is 10.0. The van der Waals surface area contributed by atoms with E-state index in [1.54, 1.807) is 13.0 Å². The van der Waals surface area contributed by atoms with Gasteiger partial charge in [-0.15, -0.1) is 13.2 Å². The van der Waals surface area contributed by atoms with Crippen LogP contribution in [-0.2, 0) is 0 Å². The molecule has 4 nitrogen and oxygen atoms in total. The second kappa shape index (κ2) is 5.43. The number of carboxylic acids is 1. The van der Waals surface area contributed by atoms with E-state index >= 15 is 0 Å². The Bertz CT molecular complexity index is 666. The molecule has 21 heavy (non-hydrogen) atoms. The number of rotatable bonds is 3. The lowest BCUT2D eigenvalue weighted by Crippen LogP contribution is -2.16. The quantitative estimate of drug-likeness (QED) is 0.939. The van der Waals surface area contributed by atoms with Crippen LogP contribution in [0.5, 0.6) is 5.75 Å². The van der Waals surface area contributed by atoms with Gasteiger partial charge in [-0.1, -0.05) is 12.1 Å². The molecule has 0 spiro atoms. The molecule has 0 amide bonds. The Morgan fingerprint density at radius 2 is 1.86 bits per heavy atom. The van der Waals surface area contributed by atoms with E-state index in [0.717, 1.165) is 12.1 Å². The molecule has 7 heteroatoms. The van der Waals surface area contributed by atoms with Gasteiger partial charge in [0.1, 0.15) is 5.75 Å². The summed E-state index contributed by atoms with van der Waals surface area (Å²) in [5.41, 5.74) is 1.43. The first kappa shape index (κ1) is 14.8. The SMILES string of the molecule is Cc1cc(-c2ccc(OC(F)(F)F)cc2)c(C(=O)O)cn1. The highest BCUT2D eigenvalue weighted by Gasteiger charge is 2.31. The second-order valence-corrected chi connectivity index (χ2v) is 4.25. The largest absolute Gasteiger partial charge is 0.573 e. The van der Waals surface area contributed by atoms with Crippen LogP contribution >= 0.6 is 0 Å². The highest BCUT2D eigenvalue weighted by molar-refractivity contribution is 5.95. The molecule has 1 heterocycles. The fourth-order valence-corrected chi connectivity index (χ4v) is 1.81. The highest BCUT2D eigenvalue weighted by Crippen LogP contribution is 2.28. The molecule has 0 aliphatic rings. The Hall–Kier alpha value is -2.57. The normalized spacial score (nSPS) is 11.2. The number of carboxylic acid groups (broad SMARTS) is 1. The minimum Gasteiger partial charge on any atom is -0.478 e. The molecule has 0 radical (unpaired) electrons. The van der Waals surface area contributed by atoms with Crippen molar-refractivity contribution in [2.45, 2.75) is 13.3 Å².